The van der Waals surface area contributed by atoms with Crippen LogP contribution in [0.2, 0.25) is 0 Å². The smallest absolute Gasteiger partial charge is 0.261 e. The van der Waals surface area contributed by atoms with E-state index in [4.69, 9.17) is 4.74 Å². The molecule has 3 rings (SSSR count). The van der Waals surface area contributed by atoms with Gasteiger partial charge in [0.15, 0.2) is 0 Å². The fraction of sp³-hybridized carbons (Fsp3) is 0.208. The van der Waals surface area contributed by atoms with Crippen molar-refractivity contribution in [1.29, 1.82) is 0 Å². The van der Waals surface area contributed by atoms with Crippen molar-refractivity contribution in [2.45, 2.75) is 24.8 Å². The number of ether oxygens (including phenoxy) is 1. The van der Waals surface area contributed by atoms with Crippen molar-refractivity contribution >= 4 is 21.6 Å². The third-order valence-electron chi connectivity index (χ3n) is 4.66. The number of aliphatic hydroxyl groups is 1. The van der Waals surface area contributed by atoms with Crippen LogP contribution < -0.4 is 14.8 Å². The highest BCUT2D eigenvalue weighted by molar-refractivity contribution is 7.92. The van der Waals surface area contributed by atoms with Gasteiger partial charge in [0.25, 0.3) is 15.9 Å². The van der Waals surface area contributed by atoms with Crippen LogP contribution in [0.4, 0.5) is 5.69 Å². The first kappa shape index (κ1) is 23.3. The Hall–Kier alpha value is -3.36. The van der Waals surface area contributed by atoms with E-state index in [1.165, 1.54) is 24.3 Å². The predicted molar refractivity (Wildman–Crippen MR) is 123 cm³/mol. The maximum absolute atomic E-state index is 12.5. The summed E-state index contributed by atoms with van der Waals surface area (Å²) in [5, 5.41) is 12.7. The molecule has 0 aliphatic heterocycles. The molecule has 0 spiro atoms. The van der Waals surface area contributed by atoms with Crippen LogP contribution in [0.25, 0.3) is 0 Å². The highest BCUT2D eigenvalue weighted by Crippen LogP contribution is 2.17. The van der Waals surface area contributed by atoms with Gasteiger partial charge in [0.1, 0.15) is 18.5 Å². The number of benzene rings is 3. The maximum atomic E-state index is 12.5. The zero-order valence-corrected chi connectivity index (χ0v) is 18.7. The summed E-state index contributed by atoms with van der Waals surface area (Å²) >= 11 is 0. The van der Waals surface area contributed by atoms with E-state index in [2.05, 4.69) is 10.0 Å². The maximum Gasteiger partial charge on any atom is 0.261 e. The molecule has 168 valence electrons. The zero-order valence-electron chi connectivity index (χ0n) is 17.9. The van der Waals surface area contributed by atoms with E-state index in [0.29, 0.717) is 11.4 Å². The summed E-state index contributed by atoms with van der Waals surface area (Å²) in [4.78, 5) is 12.4. The van der Waals surface area contributed by atoms with E-state index in [1.54, 1.807) is 18.2 Å². The second kappa shape index (κ2) is 10.3. The molecule has 0 heterocycles. The lowest BCUT2D eigenvalue weighted by Gasteiger charge is -2.14. The molecule has 1 amide bonds. The molecule has 0 aromatic heterocycles. The predicted octanol–water partition coefficient (Wildman–Crippen LogP) is 3.27. The summed E-state index contributed by atoms with van der Waals surface area (Å²) in [6, 6.07) is 20.0. The summed E-state index contributed by atoms with van der Waals surface area (Å²) in [5.74, 6) is 0.224. The zero-order chi connectivity index (χ0) is 23.1. The molecular weight excluding hydrogens is 428 g/mol. The lowest BCUT2D eigenvalue weighted by Crippen LogP contribution is -2.35. The molecule has 0 aliphatic carbocycles. The number of amides is 1. The van der Waals surface area contributed by atoms with Crippen molar-refractivity contribution in [1.82, 2.24) is 5.32 Å². The Labute approximate surface area is 188 Å². The number of rotatable bonds is 9. The first-order chi connectivity index (χ1) is 15.2. The lowest BCUT2D eigenvalue weighted by atomic mass is 10.2. The van der Waals surface area contributed by atoms with E-state index in [-0.39, 0.29) is 23.6 Å². The molecule has 0 fully saturated rings. The summed E-state index contributed by atoms with van der Waals surface area (Å²) in [5.41, 5.74) is 2.81. The van der Waals surface area contributed by atoms with Crippen LogP contribution >= 0.6 is 0 Å². The van der Waals surface area contributed by atoms with Crippen molar-refractivity contribution < 1.29 is 23.1 Å². The molecule has 0 radical (unpaired) electrons. The second-order valence-electron chi connectivity index (χ2n) is 7.49. The number of nitrogens with one attached hydrogen (secondary N) is 2. The van der Waals surface area contributed by atoms with Crippen molar-refractivity contribution in [3.05, 3.63) is 89.5 Å². The van der Waals surface area contributed by atoms with Gasteiger partial charge in [-0.1, -0.05) is 29.8 Å². The second-order valence-corrected chi connectivity index (χ2v) is 9.17. The highest BCUT2D eigenvalue weighted by Gasteiger charge is 2.16. The van der Waals surface area contributed by atoms with Gasteiger partial charge in [-0.05, 0) is 67.9 Å². The number of hydrogen-bond acceptors (Lipinski definition) is 5. The van der Waals surface area contributed by atoms with Crippen molar-refractivity contribution in [3.63, 3.8) is 0 Å². The Bertz CT molecular complexity index is 1160. The van der Waals surface area contributed by atoms with Crippen molar-refractivity contribution in [2.24, 2.45) is 0 Å². The molecule has 1 atom stereocenters. The summed E-state index contributed by atoms with van der Waals surface area (Å²) < 4.78 is 33.1. The Balaban J connectivity index is 1.52. The standard InChI is InChI=1S/C24H26N2O5S/c1-17-6-10-20(11-7-17)26-32(29,30)23-12-8-19(9-13-23)24(28)25-15-21(27)16-31-22-5-3-4-18(2)14-22/h3-14,21,26-27H,15-16H2,1-2H3,(H,25,28). The number of hydrogen-bond donors (Lipinski definition) is 3. The normalized spacial score (nSPS) is 12.1. The van der Waals surface area contributed by atoms with E-state index < -0.39 is 22.0 Å². The fourth-order valence-corrected chi connectivity index (χ4v) is 3.95. The molecule has 32 heavy (non-hydrogen) atoms. The number of aliphatic hydroxyl groups excluding tert-OH is 1. The van der Waals surface area contributed by atoms with Crippen molar-refractivity contribution in [2.75, 3.05) is 17.9 Å². The molecule has 3 aromatic rings. The molecule has 7 nitrogen and oxygen atoms in total. The summed E-state index contributed by atoms with van der Waals surface area (Å²) in [6.07, 6.45) is -0.891. The largest absolute Gasteiger partial charge is 0.491 e. The molecule has 3 aromatic carbocycles. The van der Waals surface area contributed by atoms with Gasteiger partial charge in [0.2, 0.25) is 0 Å². The molecule has 8 heteroatoms. The third-order valence-corrected chi connectivity index (χ3v) is 6.06. The van der Waals surface area contributed by atoms with Gasteiger partial charge in [0, 0.05) is 17.8 Å². The van der Waals surface area contributed by atoms with Gasteiger partial charge in [0.05, 0.1) is 4.90 Å². The molecule has 0 bridgehead atoms. The van der Waals surface area contributed by atoms with Crippen LogP contribution in [-0.4, -0.2) is 38.7 Å². The highest BCUT2D eigenvalue weighted by atomic mass is 32.2. The SMILES string of the molecule is Cc1ccc(NS(=O)(=O)c2ccc(C(=O)NCC(O)COc3cccc(C)c3)cc2)cc1. The number of aryl methyl sites for hydroxylation is 2. The quantitative estimate of drug-likeness (QED) is 0.460. The molecule has 3 N–H and O–H groups in total. The van der Waals surface area contributed by atoms with Crippen LogP contribution in [0, 0.1) is 13.8 Å². The van der Waals surface area contributed by atoms with Gasteiger partial charge in [-0.2, -0.15) is 0 Å². The average molecular weight is 455 g/mol. The monoisotopic (exact) mass is 454 g/mol. The number of carbonyl (C=O) groups excluding carboxylic acids is 1. The van der Waals surface area contributed by atoms with Crippen molar-refractivity contribution in [3.8, 4) is 5.75 Å². The first-order valence-corrected chi connectivity index (χ1v) is 11.6. The van der Waals surface area contributed by atoms with Gasteiger partial charge in [-0.3, -0.25) is 9.52 Å². The Morgan fingerprint density at radius 3 is 2.31 bits per heavy atom. The van der Waals surface area contributed by atoms with Crippen LogP contribution in [0.3, 0.4) is 0 Å². The van der Waals surface area contributed by atoms with Gasteiger partial charge in [-0.25, -0.2) is 8.42 Å². The Kier molecular flexibility index (Phi) is 7.50. The minimum Gasteiger partial charge on any atom is -0.491 e. The lowest BCUT2D eigenvalue weighted by molar-refractivity contribution is 0.0843. The summed E-state index contributed by atoms with van der Waals surface area (Å²) in [6.45, 7) is 3.89. The molecular formula is C24H26N2O5S. The number of anilines is 1. The first-order valence-electron chi connectivity index (χ1n) is 10.1. The van der Waals surface area contributed by atoms with Crippen LogP contribution in [-0.2, 0) is 10.0 Å². The Morgan fingerprint density at radius 2 is 1.66 bits per heavy atom. The topological polar surface area (TPSA) is 105 Å². The van der Waals surface area contributed by atoms with E-state index in [1.807, 2.05) is 44.2 Å². The van der Waals surface area contributed by atoms with Crippen LogP contribution in [0.15, 0.2) is 77.7 Å². The van der Waals surface area contributed by atoms with Gasteiger partial charge < -0.3 is 15.2 Å². The third kappa shape index (κ3) is 6.57. The van der Waals surface area contributed by atoms with Crippen LogP contribution in [0.1, 0.15) is 21.5 Å². The number of carbonyl (C=O) groups is 1. The van der Waals surface area contributed by atoms with E-state index in [9.17, 15) is 18.3 Å². The van der Waals surface area contributed by atoms with Gasteiger partial charge >= 0.3 is 0 Å². The van der Waals surface area contributed by atoms with E-state index >= 15 is 0 Å². The molecule has 0 saturated carbocycles. The molecule has 0 saturated heterocycles. The van der Waals surface area contributed by atoms with E-state index in [0.717, 1.165) is 11.1 Å². The Morgan fingerprint density at radius 1 is 0.969 bits per heavy atom. The number of sulfonamides is 1. The minimum atomic E-state index is -3.77. The fourth-order valence-electron chi connectivity index (χ4n) is 2.89. The average Bonchev–Trinajstić information content (AvgIpc) is 2.77. The minimum absolute atomic E-state index is 0.000319. The molecule has 0 aliphatic rings. The van der Waals surface area contributed by atoms with Gasteiger partial charge in [-0.15, -0.1) is 0 Å². The summed E-state index contributed by atoms with van der Waals surface area (Å²) in [7, 11) is -3.77. The molecule has 1 unspecified atom stereocenters. The van der Waals surface area contributed by atoms with Crippen LogP contribution in [0.5, 0.6) is 5.75 Å².